The molecular formula is C37H74NO7P. The van der Waals surface area contributed by atoms with Gasteiger partial charge in [-0.1, -0.05) is 129 Å². The Bertz CT molecular complexity index is 756. The number of unbranched alkanes of at least 4 members (excludes halogenated alkanes) is 19. The molecule has 0 aliphatic carbocycles. The molecular weight excluding hydrogens is 601 g/mol. The van der Waals surface area contributed by atoms with Gasteiger partial charge in [0, 0.05) is 13.0 Å². The Balaban J connectivity index is 4.30. The number of ether oxygens (including phenoxy) is 2. The second-order valence-corrected chi connectivity index (χ2v) is 15.4. The van der Waals surface area contributed by atoms with Crippen molar-refractivity contribution >= 4 is 13.8 Å². The second-order valence-electron chi connectivity index (χ2n) is 13.9. The van der Waals surface area contributed by atoms with Crippen molar-refractivity contribution in [1.29, 1.82) is 0 Å². The quantitative estimate of drug-likeness (QED) is 0.0217. The molecule has 0 aromatic carbocycles. The summed E-state index contributed by atoms with van der Waals surface area (Å²) in [5.74, 6) is -0.337. The molecule has 0 fully saturated rings. The van der Waals surface area contributed by atoms with Crippen LogP contribution in [0.1, 0.15) is 162 Å². The van der Waals surface area contributed by atoms with Crippen LogP contribution in [0, 0.1) is 0 Å². The molecule has 2 atom stereocenters. The predicted octanol–water partition coefficient (Wildman–Crippen LogP) is 9.69. The summed E-state index contributed by atoms with van der Waals surface area (Å²) in [5, 5.41) is 0. The van der Waals surface area contributed by atoms with Crippen LogP contribution in [0.3, 0.4) is 0 Å². The fourth-order valence-corrected chi connectivity index (χ4v) is 5.80. The fraction of sp³-hybridized carbons (Fsp3) is 0.919. The average Bonchev–Trinajstić information content (AvgIpc) is 2.99. The molecule has 0 aliphatic heterocycles. The minimum Gasteiger partial charge on any atom is -0.756 e. The van der Waals surface area contributed by atoms with Crippen LogP contribution < -0.4 is 4.89 Å². The van der Waals surface area contributed by atoms with Gasteiger partial charge < -0.3 is 27.9 Å². The lowest BCUT2D eigenvalue weighted by molar-refractivity contribution is -0.870. The average molecular weight is 676 g/mol. The molecule has 46 heavy (non-hydrogen) atoms. The van der Waals surface area contributed by atoms with Crippen molar-refractivity contribution < 1.29 is 37.3 Å². The maximum Gasteiger partial charge on any atom is 0.306 e. The Labute approximate surface area is 284 Å². The number of quaternary nitrogens is 1. The topological polar surface area (TPSA) is 94.1 Å². The SMILES string of the molecule is CCCCC/C=C\CCCCCCCCOCC(COP(=O)([O-])OCC[N+](C)(C)C)OC(=O)CCCCCCCCCCCCC. The Morgan fingerprint density at radius 1 is 0.652 bits per heavy atom. The van der Waals surface area contributed by atoms with Crippen LogP contribution in [-0.4, -0.2) is 70.7 Å². The number of carbonyl (C=O) groups excluding carboxylic acids is 1. The number of rotatable bonds is 35. The second kappa shape index (κ2) is 31.5. The minimum atomic E-state index is -4.51. The van der Waals surface area contributed by atoms with Gasteiger partial charge in [-0.15, -0.1) is 0 Å². The third-order valence-corrected chi connectivity index (χ3v) is 9.03. The van der Waals surface area contributed by atoms with Crippen molar-refractivity contribution in [1.82, 2.24) is 0 Å². The number of phosphoric ester groups is 1. The van der Waals surface area contributed by atoms with Gasteiger partial charge in [-0.05, 0) is 38.5 Å². The van der Waals surface area contributed by atoms with Gasteiger partial charge in [0.15, 0.2) is 0 Å². The molecule has 0 spiro atoms. The number of esters is 1. The Kier molecular flexibility index (Phi) is 31.0. The third-order valence-electron chi connectivity index (χ3n) is 8.07. The van der Waals surface area contributed by atoms with Crippen molar-refractivity contribution in [2.75, 3.05) is 54.1 Å². The molecule has 274 valence electrons. The van der Waals surface area contributed by atoms with Crippen LogP contribution >= 0.6 is 7.82 Å². The molecule has 0 heterocycles. The molecule has 0 rings (SSSR count). The summed E-state index contributed by atoms with van der Waals surface area (Å²) in [7, 11) is 1.36. The first-order chi connectivity index (χ1) is 22.1. The first-order valence-corrected chi connectivity index (χ1v) is 20.4. The van der Waals surface area contributed by atoms with E-state index in [2.05, 4.69) is 26.0 Å². The van der Waals surface area contributed by atoms with Gasteiger partial charge in [-0.2, -0.15) is 0 Å². The van der Waals surface area contributed by atoms with Crippen LogP contribution in [0.4, 0.5) is 0 Å². The van der Waals surface area contributed by atoms with Crippen LogP contribution in [0.2, 0.25) is 0 Å². The summed E-state index contributed by atoms with van der Waals surface area (Å²) in [6.07, 6.45) is 30.7. The molecule has 0 radical (unpaired) electrons. The molecule has 0 bridgehead atoms. The lowest BCUT2D eigenvalue weighted by Gasteiger charge is -2.28. The number of allylic oxidation sites excluding steroid dienone is 2. The summed E-state index contributed by atoms with van der Waals surface area (Å²) in [6, 6.07) is 0. The van der Waals surface area contributed by atoms with E-state index in [0.29, 0.717) is 24.1 Å². The van der Waals surface area contributed by atoms with E-state index in [1.165, 1.54) is 109 Å². The Hall–Kier alpha value is -0.760. The molecule has 0 saturated heterocycles. The van der Waals surface area contributed by atoms with Gasteiger partial charge in [-0.3, -0.25) is 9.36 Å². The molecule has 0 amide bonds. The van der Waals surface area contributed by atoms with E-state index in [-0.39, 0.29) is 25.8 Å². The van der Waals surface area contributed by atoms with Gasteiger partial charge in [0.2, 0.25) is 0 Å². The van der Waals surface area contributed by atoms with Crippen molar-refractivity contribution in [3.63, 3.8) is 0 Å². The maximum absolute atomic E-state index is 12.6. The first-order valence-electron chi connectivity index (χ1n) is 18.9. The Morgan fingerprint density at radius 2 is 1.13 bits per heavy atom. The Morgan fingerprint density at radius 3 is 1.70 bits per heavy atom. The zero-order valence-corrected chi connectivity index (χ0v) is 31.7. The summed E-state index contributed by atoms with van der Waals surface area (Å²) in [6.45, 7) is 5.37. The summed E-state index contributed by atoms with van der Waals surface area (Å²) >= 11 is 0. The number of hydrogen-bond acceptors (Lipinski definition) is 7. The predicted molar refractivity (Wildman–Crippen MR) is 190 cm³/mol. The van der Waals surface area contributed by atoms with Crippen molar-refractivity contribution in [3.8, 4) is 0 Å². The molecule has 8 nitrogen and oxygen atoms in total. The maximum atomic E-state index is 12.6. The smallest absolute Gasteiger partial charge is 0.306 e. The molecule has 9 heteroatoms. The number of hydrogen-bond donors (Lipinski definition) is 0. The van der Waals surface area contributed by atoms with Gasteiger partial charge >= 0.3 is 5.97 Å². The summed E-state index contributed by atoms with van der Waals surface area (Å²) in [5.41, 5.74) is 0. The zero-order chi connectivity index (χ0) is 34.2. The molecule has 0 aromatic rings. The monoisotopic (exact) mass is 676 g/mol. The lowest BCUT2D eigenvalue weighted by atomic mass is 10.1. The van der Waals surface area contributed by atoms with E-state index in [0.717, 1.165) is 32.1 Å². The highest BCUT2D eigenvalue weighted by Crippen LogP contribution is 2.38. The normalized spacial score (nSPS) is 14.1. The molecule has 0 aliphatic rings. The van der Waals surface area contributed by atoms with Crippen molar-refractivity contribution in [2.24, 2.45) is 0 Å². The number of phosphoric acid groups is 1. The molecule has 0 N–H and O–H groups in total. The van der Waals surface area contributed by atoms with Crippen LogP contribution in [0.15, 0.2) is 12.2 Å². The highest BCUT2D eigenvalue weighted by Gasteiger charge is 2.20. The van der Waals surface area contributed by atoms with Crippen molar-refractivity contribution in [3.05, 3.63) is 12.2 Å². The van der Waals surface area contributed by atoms with Crippen LogP contribution in [0.5, 0.6) is 0 Å². The van der Waals surface area contributed by atoms with Gasteiger partial charge in [0.1, 0.15) is 19.3 Å². The largest absolute Gasteiger partial charge is 0.756 e. The number of carbonyl (C=O) groups is 1. The standard InChI is InChI=1S/C37H74NO7P/c1-6-8-10-12-14-16-18-19-21-23-25-27-29-32-42-34-36(35-44-46(40,41)43-33-31-38(3,4)5)45-37(39)30-28-26-24-22-20-17-15-13-11-9-7-2/h14,16,36H,6-13,15,17-35H2,1-5H3/b16-14-. The number of likely N-dealkylation sites (N-methyl/N-ethyl adjacent to an activating group) is 1. The minimum absolute atomic E-state index is 0.0276. The van der Waals surface area contributed by atoms with Crippen LogP contribution in [-0.2, 0) is 27.9 Å². The third kappa shape index (κ3) is 34.6. The van der Waals surface area contributed by atoms with Gasteiger partial charge in [-0.25, -0.2) is 0 Å². The molecule has 2 unspecified atom stereocenters. The van der Waals surface area contributed by atoms with Crippen LogP contribution in [0.25, 0.3) is 0 Å². The molecule has 0 aromatic heterocycles. The van der Waals surface area contributed by atoms with Gasteiger partial charge in [0.25, 0.3) is 7.82 Å². The van der Waals surface area contributed by atoms with Gasteiger partial charge in [0.05, 0.1) is 34.4 Å². The first kappa shape index (κ1) is 45.2. The summed E-state index contributed by atoms with van der Waals surface area (Å²) in [4.78, 5) is 24.9. The fourth-order valence-electron chi connectivity index (χ4n) is 5.07. The van der Waals surface area contributed by atoms with E-state index in [1.807, 2.05) is 21.1 Å². The van der Waals surface area contributed by atoms with E-state index in [9.17, 15) is 14.3 Å². The summed E-state index contributed by atoms with van der Waals surface area (Å²) < 4.78 is 34.4. The highest BCUT2D eigenvalue weighted by atomic mass is 31.2. The van der Waals surface area contributed by atoms with E-state index >= 15 is 0 Å². The number of nitrogens with zero attached hydrogens (tertiary/aromatic N) is 1. The van der Waals surface area contributed by atoms with Crippen molar-refractivity contribution in [2.45, 2.75) is 168 Å². The molecule has 0 saturated carbocycles. The van der Waals surface area contributed by atoms with E-state index in [4.69, 9.17) is 18.5 Å². The lowest BCUT2D eigenvalue weighted by Crippen LogP contribution is -2.37. The van der Waals surface area contributed by atoms with E-state index in [1.54, 1.807) is 0 Å². The highest BCUT2D eigenvalue weighted by molar-refractivity contribution is 7.45. The van der Waals surface area contributed by atoms with E-state index < -0.39 is 13.9 Å². The zero-order valence-electron chi connectivity index (χ0n) is 30.8.